The number of primary amides is 1. The normalized spacial score (nSPS) is 25.8. The van der Waals surface area contributed by atoms with Gasteiger partial charge >= 0.3 is 0 Å². The van der Waals surface area contributed by atoms with Crippen molar-refractivity contribution in [1.82, 2.24) is 20.1 Å². The maximum atomic E-state index is 11.9. The van der Waals surface area contributed by atoms with Crippen LogP contribution in [-0.4, -0.2) is 63.9 Å². The molecule has 2 atom stereocenters. The van der Waals surface area contributed by atoms with E-state index in [1.165, 1.54) is 0 Å². The van der Waals surface area contributed by atoms with Crippen molar-refractivity contribution in [3.05, 3.63) is 18.0 Å². The molecule has 2 saturated heterocycles. The number of carbonyl (C=O) groups is 1. The molecule has 4 N–H and O–H groups in total. The number of hydrogen-bond acceptors (Lipinski definition) is 6. The van der Waals surface area contributed by atoms with Crippen LogP contribution in [0.25, 0.3) is 11.0 Å². The van der Waals surface area contributed by atoms with Crippen LogP contribution in [0, 0.1) is 5.92 Å². The van der Waals surface area contributed by atoms with Crippen molar-refractivity contribution in [1.29, 1.82) is 0 Å². The average Bonchev–Trinajstić information content (AvgIpc) is 3.06. The number of likely N-dealkylation sites (tertiary alicyclic amines) is 1. The van der Waals surface area contributed by atoms with Crippen molar-refractivity contribution in [3.8, 4) is 0 Å². The molecule has 26 heavy (non-hydrogen) atoms. The zero-order valence-corrected chi connectivity index (χ0v) is 15.3. The maximum absolute atomic E-state index is 11.9. The highest BCUT2D eigenvalue weighted by Gasteiger charge is 2.45. The molecule has 0 spiro atoms. The van der Waals surface area contributed by atoms with Crippen LogP contribution >= 0.6 is 0 Å². The molecule has 2 fully saturated rings. The van der Waals surface area contributed by atoms with E-state index in [1.807, 2.05) is 6.07 Å². The number of hydrogen-bond donors (Lipinski definition) is 3. The Kier molecular flexibility index (Phi) is 4.32. The summed E-state index contributed by atoms with van der Waals surface area (Å²) in [4.78, 5) is 17.5. The molecule has 2 unspecified atom stereocenters. The molecule has 1 amide bonds. The monoisotopic (exact) mass is 358 g/mol. The zero-order chi connectivity index (χ0) is 18.3. The Morgan fingerprint density at radius 1 is 1.50 bits per heavy atom. The molecule has 2 aromatic heterocycles. The minimum Gasteiger partial charge on any atom is -0.378 e. The number of aromatic nitrogens is 3. The predicted molar refractivity (Wildman–Crippen MR) is 99.0 cm³/mol. The number of aromatic amines is 1. The second-order valence-corrected chi connectivity index (χ2v) is 7.56. The third-order valence-electron chi connectivity index (χ3n) is 6.07. The number of anilines is 1. The van der Waals surface area contributed by atoms with Crippen molar-refractivity contribution in [2.24, 2.45) is 11.7 Å². The smallest absolute Gasteiger partial charge is 0.271 e. The number of nitrogens with two attached hydrogens (primary N) is 1. The number of amides is 1. The van der Waals surface area contributed by atoms with Crippen LogP contribution in [0.4, 0.5) is 5.69 Å². The SMILES string of the molecule is CCC1(N2CCC(C)C(Nc3c(C(N)=O)nnc4[nH]ccc34)C2)COC1. The molecule has 2 aliphatic rings. The third-order valence-corrected chi connectivity index (χ3v) is 6.07. The van der Waals surface area contributed by atoms with Crippen molar-refractivity contribution in [2.45, 2.75) is 38.3 Å². The van der Waals surface area contributed by atoms with Gasteiger partial charge in [0.2, 0.25) is 0 Å². The molecule has 8 nitrogen and oxygen atoms in total. The summed E-state index contributed by atoms with van der Waals surface area (Å²) in [5.41, 5.74) is 7.22. The van der Waals surface area contributed by atoms with Crippen LogP contribution in [-0.2, 0) is 4.74 Å². The largest absolute Gasteiger partial charge is 0.378 e. The van der Waals surface area contributed by atoms with Gasteiger partial charge in [-0.2, -0.15) is 0 Å². The van der Waals surface area contributed by atoms with Crippen LogP contribution < -0.4 is 11.1 Å². The lowest BCUT2D eigenvalue weighted by molar-refractivity contribution is -0.150. The van der Waals surface area contributed by atoms with Crippen molar-refractivity contribution < 1.29 is 9.53 Å². The molecule has 2 aromatic rings. The number of nitrogens with one attached hydrogen (secondary N) is 2. The van der Waals surface area contributed by atoms with E-state index >= 15 is 0 Å². The van der Waals surface area contributed by atoms with E-state index in [4.69, 9.17) is 10.5 Å². The quantitative estimate of drug-likeness (QED) is 0.744. The number of nitrogens with zero attached hydrogens (tertiary/aromatic N) is 3. The first-order valence-electron chi connectivity index (χ1n) is 9.27. The highest BCUT2D eigenvalue weighted by Crippen LogP contribution is 2.34. The van der Waals surface area contributed by atoms with Crippen molar-refractivity contribution in [2.75, 3.05) is 31.6 Å². The average molecular weight is 358 g/mol. The molecule has 2 aliphatic heterocycles. The van der Waals surface area contributed by atoms with E-state index in [2.05, 4.69) is 39.2 Å². The van der Waals surface area contributed by atoms with Gasteiger partial charge in [-0.05, 0) is 31.4 Å². The molecular formula is C18H26N6O2. The third kappa shape index (κ3) is 2.73. The van der Waals surface area contributed by atoms with Gasteiger partial charge < -0.3 is 20.8 Å². The molecule has 0 bridgehead atoms. The topological polar surface area (TPSA) is 109 Å². The standard InChI is InChI=1S/C18H26N6O2/c1-3-18(9-26-10-18)24-7-5-11(2)13(8-24)21-14-12-4-6-20-17(12)23-22-15(14)16(19)25/h4,6,11,13H,3,5,7-10H2,1-2H3,(H2,19,25)(H2,20,21,23). The number of rotatable bonds is 5. The highest BCUT2D eigenvalue weighted by molar-refractivity contribution is 6.04. The van der Waals surface area contributed by atoms with Gasteiger partial charge in [-0.3, -0.25) is 9.69 Å². The number of fused-ring (bicyclic) bond motifs is 1. The van der Waals surface area contributed by atoms with E-state index < -0.39 is 5.91 Å². The van der Waals surface area contributed by atoms with Crippen LogP contribution in [0.1, 0.15) is 37.2 Å². The minimum absolute atomic E-state index is 0.159. The number of carbonyl (C=O) groups excluding carboxylic acids is 1. The molecule has 4 heterocycles. The Balaban J connectivity index is 1.63. The summed E-state index contributed by atoms with van der Waals surface area (Å²) in [6.45, 7) is 8.06. The summed E-state index contributed by atoms with van der Waals surface area (Å²) in [6.07, 6.45) is 3.98. The van der Waals surface area contributed by atoms with E-state index in [0.29, 0.717) is 17.3 Å². The van der Waals surface area contributed by atoms with E-state index in [0.717, 1.165) is 44.5 Å². The van der Waals surface area contributed by atoms with Crippen LogP contribution in [0.15, 0.2) is 12.3 Å². The first-order valence-corrected chi connectivity index (χ1v) is 9.27. The zero-order valence-electron chi connectivity index (χ0n) is 15.3. The van der Waals surface area contributed by atoms with Crippen LogP contribution in [0.3, 0.4) is 0 Å². The minimum atomic E-state index is -0.569. The number of ether oxygens (including phenoxy) is 1. The molecule has 0 aliphatic carbocycles. The van der Waals surface area contributed by atoms with Gasteiger partial charge in [0, 0.05) is 24.2 Å². The van der Waals surface area contributed by atoms with Crippen molar-refractivity contribution in [3.63, 3.8) is 0 Å². The lowest BCUT2D eigenvalue weighted by Gasteiger charge is -2.53. The Labute approximate surface area is 152 Å². The molecule has 140 valence electrons. The lowest BCUT2D eigenvalue weighted by atomic mass is 9.85. The fraction of sp³-hybridized carbons (Fsp3) is 0.611. The van der Waals surface area contributed by atoms with Gasteiger partial charge in [-0.25, -0.2) is 0 Å². The first-order chi connectivity index (χ1) is 12.5. The summed E-state index contributed by atoms with van der Waals surface area (Å²) in [5, 5.41) is 12.5. The van der Waals surface area contributed by atoms with Gasteiger partial charge in [0.05, 0.1) is 24.4 Å². The molecule has 0 aromatic carbocycles. The van der Waals surface area contributed by atoms with E-state index in [1.54, 1.807) is 6.20 Å². The molecule has 4 rings (SSSR count). The molecule has 0 saturated carbocycles. The number of piperidine rings is 1. The Morgan fingerprint density at radius 2 is 2.31 bits per heavy atom. The second-order valence-electron chi connectivity index (χ2n) is 7.56. The highest BCUT2D eigenvalue weighted by atomic mass is 16.5. The lowest BCUT2D eigenvalue weighted by Crippen LogP contribution is -2.66. The Morgan fingerprint density at radius 3 is 2.96 bits per heavy atom. The van der Waals surface area contributed by atoms with Crippen molar-refractivity contribution >= 4 is 22.6 Å². The van der Waals surface area contributed by atoms with Gasteiger partial charge in [-0.1, -0.05) is 13.8 Å². The van der Waals surface area contributed by atoms with E-state index in [-0.39, 0.29) is 17.3 Å². The fourth-order valence-corrected chi connectivity index (χ4v) is 4.06. The molecule has 8 heteroatoms. The Hall–Kier alpha value is -2.19. The summed E-state index contributed by atoms with van der Waals surface area (Å²) in [7, 11) is 0. The summed E-state index contributed by atoms with van der Waals surface area (Å²) >= 11 is 0. The van der Waals surface area contributed by atoms with Gasteiger partial charge in [0.25, 0.3) is 5.91 Å². The van der Waals surface area contributed by atoms with Crippen LogP contribution in [0.5, 0.6) is 0 Å². The first kappa shape index (κ1) is 17.2. The number of H-pyrrole nitrogens is 1. The van der Waals surface area contributed by atoms with Gasteiger partial charge in [0.1, 0.15) is 0 Å². The van der Waals surface area contributed by atoms with E-state index in [9.17, 15) is 4.79 Å². The second kappa shape index (κ2) is 6.51. The summed E-state index contributed by atoms with van der Waals surface area (Å²) in [6, 6.07) is 2.10. The Bertz CT molecular complexity index is 810. The summed E-state index contributed by atoms with van der Waals surface area (Å²) in [5.74, 6) is -0.0927. The fourth-order valence-electron chi connectivity index (χ4n) is 4.06. The predicted octanol–water partition coefficient (Wildman–Crippen LogP) is 1.36. The molecule has 0 radical (unpaired) electrons. The van der Waals surface area contributed by atoms with Gasteiger partial charge in [0.15, 0.2) is 11.3 Å². The maximum Gasteiger partial charge on any atom is 0.271 e. The molecular weight excluding hydrogens is 332 g/mol. The van der Waals surface area contributed by atoms with Crippen LogP contribution in [0.2, 0.25) is 0 Å². The van der Waals surface area contributed by atoms with Gasteiger partial charge in [-0.15, -0.1) is 10.2 Å². The summed E-state index contributed by atoms with van der Waals surface area (Å²) < 4.78 is 5.51.